The molecule has 0 N–H and O–H groups in total. The van der Waals surface area contributed by atoms with E-state index in [1.165, 1.54) is 0 Å². The number of ether oxygens (including phenoxy) is 1. The number of aromatic nitrogens is 2. The third-order valence-electron chi connectivity index (χ3n) is 2.56. The summed E-state index contributed by atoms with van der Waals surface area (Å²) in [6, 6.07) is 1.97. The van der Waals surface area contributed by atoms with E-state index in [4.69, 9.17) is 4.74 Å². The molecule has 86 valence electrons. The van der Waals surface area contributed by atoms with E-state index in [0.29, 0.717) is 11.7 Å². The summed E-state index contributed by atoms with van der Waals surface area (Å²) in [5.74, 6) is 1.27. The van der Waals surface area contributed by atoms with Crippen LogP contribution in [0.3, 0.4) is 0 Å². The summed E-state index contributed by atoms with van der Waals surface area (Å²) in [4.78, 5) is 13.2. The molecule has 0 atom stereocenters. The van der Waals surface area contributed by atoms with Crippen molar-refractivity contribution in [3.05, 3.63) is 23.3 Å². The first-order chi connectivity index (χ1) is 8.38. The molecule has 0 aromatic carbocycles. The fourth-order valence-electron chi connectivity index (χ4n) is 1.75. The zero-order valence-corrected chi connectivity index (χ0v) is 10.2. The van der Waals surface area contributed by atoms with E-state index in [2.05, 4.69) is 21.0 Å². The summed E-state index contributed by atoms with van der Waals surface area (Å²) in [7, 11) is 1.63. The Morgan fingerprint density at radius 3 is 3.00 bits per heavy atom. The first-order valence-corrected chi connectivity index (χ1v) is 6.29. The Kier molecular flexibility index (Phi) is 2.60. The molecule has 5 heteroatoms. The molecule has 0 amide bonds. The van der Waals surface area contributed by atoms with E-state index in [-0.39, 0.29) is 0 Å². The van der Waals surface area contributed by atoms with Crippen molar-refractivity contribution in [1.29, 1.82) is 0 Å². The van der Waals surface area contributed by atoms with Gasteiger partial charge in [-0.25, -0.2) is 4.98 Å². The fraction of sp³-hybridized carbons (Fsp3) is 0.250. The van der Waals surface area contributed by atoms with Crippen molar-refractivity contribution in [2.75, 3.05) is 7.11 Å². The van der Waals surface area contributed by atoms with Crippen LogP contribution in [0.2, 0.25) is 0 Å². The van der Waals surface area contributed by atoms with Gasteiger partial charge in [0, 0.05) is 6.21 Å². The third kappa shape index (κ3) is 1.82. The molecular weight excluding hydrogens is 234 g/mol. The molecule has 0 saturated carbocycles. The average molecular weight is 245 g/mol. The highest BCUT2D eigenvalue weighted by atomic mass is 32.1. The molecule has 3 rings (SSSR count). The maximum Gasteiger partial charge on any atom is 0.235 e. The minimum absolute atomic E-state index is 0.627. The van der Waals surface area contributed by atoms with E-state index in [0.717, 1.165) is 28.8 Å². The second kappa shape index (κ2) is 4.25. The smallest absolute Gasteiger partial charge is 0.235 e. The molecule has 0 bridgehead atoms. The Balaban J connectivity index is 2.16. The number of fused-ring (bicyclic) bond motifs is 1. The van der Waals surface area contributed by atoms with Crippen molar-refractivity contribution in [3.63, 3.8) is 0 Å². The lowest BCUT2D eigenvalue weighted by Gasteiger charge is -2.07. The van der Waals surface area contributed by atoms with Gasteiger partial charge in [-0.1, -0.05) is 6.08 Å². The summed E-state index contributed by atoms with van der Waals surface area (Å²) < 4.78 is 6.28. The molecule has 1 aliphatic heterocycles. The topological polar surface area (TPSA) is 47.4 Å². The Morgan fingerprint density at radius 1 is 1.29 bits per heavy atom. The van der Waals surface area contributed by atoms with Gasteiger partial charge < -0.3 is 4.74 Å². The number of hydrogen-bond donors (Lipinski definition) is 0. The van der Waals surface area contributed by atoms with Crippen molar-refractivity contribution in [3.8, 4) is 5.88 Å². The molecule has 1 aliphatic rings. The van der Waals surface area contributed by atoms with Gasteiger partial charge in [-0.05, 0) is 24.3 Å². The van der Waals surface area contributed by atoms with Crippen molar-refractivity contribution in [1.82, 2.24) is 9.97 Å². The summed E-state index contributed by atoms with van der Waals surface area (Å²) in [5.41, 5.74) is 1.75. The maximum atomic E-state index is 5.30. The molecule has 3 heterocycles. The summed E-state index contributed by atoms with van der Waals surface area (Å²) in [6.07, 6.45) is 5.95. The second-order valence-corrected chi connectivity index (χ2v) is 4.59. The largest absolute Gasteiger partial charge is 0.480 e. The first-order valence-electron chi connectivity index (χ1n) is 5.41. The normalized spacial score (nSPS) is 15.0. The van der Waals surface area contributed by atoms with Crippen LogP contribution in [-0.4, -0.2) is 23.3 Å². The lowest BCUT2D eigenvalue weighted by molar-refractivity contribution is 0.403. The van der Waals surface area contributed by atoms with Crippen LogP contribution in [0.15, 0.2) is 22.5 Å². The van der Waals surface area contributed by atoms with Gasteiger partial charge >= 0.3 is 0 Å². The molecule has 2 aromatic rings. The van der Waals surface area contributed by atoms with Gasteiger partial charge in [-0.2, -0.15) is 4.98 Å². The van der Waals surface area contributed by atoms with Crippen LogP contribution < -0.4 is 4.74 Å². The van der Waals surface area contributed by atoms with E-state index < -0.39 is 0 Å². The Bertz CT molecular complexity index is 615. The molecule has 0 fully saturated rings. The van der Waals surface area contributed by atoms with Gasteiger partial charge in [0.25, 0.3) is 0 Å². The van der Waals surface area contributed by atoms with Crippen molar-refractivity contribution in [2.24, 2.45) is 4.99 Å². The maximum absolute atomic E-state index is 5.30. The predicted octanol–water partition coefficient (Wildman–Crippen LogP) is 2.91. The summed E-state index contributed by atoms with van der Waals surface area (Å²) >= 11 is 1.59. The molecule has 17 heavy (non-hydrogen) atoms. The lowest BCUT2D eigenvalue weighted by Crippen LogP contribution is -1.98. The van der Waals surface area contributed by atoms with Gasteiger partial charge in [0.2, 0.25) is 5.88 Å². The summed E-state index contributed by atoms with van der Waals surface area (Å²) in [5, 5.41) is 1.99. The number of rotatable bonds is 2. The fourth-order valence-corrected chi connectivity index (χ4v) is 2.55. The predicted molar refractivity (Wildman–Crippen MR) is 69.7 cm³/mol. The number of hydrogen-bond acceptors (Lipinski definition) is 5. The number of thiophene rings is 1. The van der Waals surface area contributed by atoms with Gasteiger partial charge in [-0.15, -0.1) is 11.3 Å². The van der Waals surface area contributed by atoms with Gasteiger partial charge in [-0.3, -0.25) is 4.99 Å². The molecule has 0 saturated heterocycles. The Hall–Kier alpha value is -1.75. The molecule has 0 aliphatic carbocycles. The molecular formula is C12H11N3OS. The minimum atomic E-state index is 0.627. The summed E-state index contributed by atoms with van der Waals surface area (Å²) in [6.45, 7) is 0. The monoisotopic (exact) mass is 245 g/mol. The van der Waals surface area contributed by atoms with Gasteiger partial charge in [0.15, 0.2) is 5.82 Å². The van der Waals surface area contributed by atoms with Crippen molar-refractivity contribution < 1.29 is 4.74 Å². The molecule has 0 radical (unpaired) electrons. The highest BCUT2D eigenvalue weighted by molar-refractivity contribution is 7.17. The Labute approximate surface area is 103 Å². The first kappa shape index (κ1) is 10.4. The standard InChI is InChI=1S/C12H11N3OS/c1-16-12-10-8(5-7-17-10)14-11(15-12)9-4-2-3-6-13-9/h4-7H,2-3H2,1H3. The molecule has 0 spiro atoms. The molecule has 0 unspecified atom stereocenters. The van der Waals surface area contributed by atoms with Gasteiger partial charge in [0.05, 0.1) is 12.6 Å². The van der Waals surface area contributed by atoms with E-state index >= 15 is 0 Å². The number of methoxy groups -OCH3 is 1. The van der Waals surface area contributed by atoms with Crippen molar-refractivity contribution >= 4 is 33.5 Å². The minimum Gasteiger partial charge on any atom is -0.480 e. The van der Waals surface area contributed by atoms with Crippen LogP contribution in [0.4, 0.5) is 0 Å². The quantitative estimate of drug-likeness (QED) is 0.817. The van der Waals surface area contributed by atoms with Crippen molar-refractivity contribution in [2.45, 2.75) is 12.8 Å². The zero-order valence-electron chi connectivity index (χ0n) is 9.38. The highest BCUT2D eigenvalue weighted by Gasteiger charge is 2.12. The highest BCUT2D eigenvalue weighted by Crippen LogP contribution is 2.29. The van der Waals surface area contributed by atoms with Crippen LogP contribution in [0.25, 0.3) is 15.9 Å². The van der Waals surface area contributed by atoms with Crippen LogP contribution in [0.1, 0.15) is 18.7 Å². The third-order valence-corrected chi connectivity index (χ3v) is 3.45. The van der Waals surface area contributed by atoms with E-state index in [1.54, 1.807) is 18.4 Å². The lowest BCUT2D eigenvalue weighted by atomic mass is 10.2. The number of allylic oxidation sites excluding steroid dienone is 1. The van der Waals surface area contributed by atoms with Crippen LogP contribution in [0.5, 0.6) is 5.88 Å². The van der Waals surface area contributed by atoms with Gasteiger partial charge in [0.1, 0.15) is 10.4 Å². The van der Waals surface area contributed by atoms with Crippen LogP contribution >= 0.6 is 11.3 Å². The molecule has 2 aromatic heterocycles. The SMILES string of the molecule is COc1nc(C2=CCCC=N2)nc2ccsc12. The second-order valence-electron chi connectivity index (χ2n) is 3.67. The average Bonchev–Trinajstić information content (AvgIpc) is 2.86. The number of nitrogens with zero attached hydrogens (tertiary/aromatic N) is 3. The van der Waals surface area contributed by atoms with Crippen LogP contribution in [0, 0.1) is 0 Å². The van der Waals surface area contributed by atoms with E-state index in [1.807, 2.05) is 17.7 Å². The Morgan fingerprint density at radius 2 is 2.24 bits per heavy atom. The van der Waals surface area contributed by atoms with E-state index in [9.17, 15) is 0 Å². The number of aliphatic imine (C=N–C) groups is 1. The van der Waals surface area contributed by atoms with Crippen LogP contribution in [-0.2, 0) is 0 Å². The molecule has 4 nitrogen and oxygen atoms in total. The zero-order chi connectivity index (χ0) is 11.7.